The molecule has 3 rings (SSSR count). The first-order valence-corrected chi connectivity index (χ1v) is 7.70. The first kappa shape index (κ1) is 15.5. The van der Waals surface area contributed by atoms with Crippen molar-refractivity contribution in [3.63, 3.8) is 0 Å². The molecule has 2 aromatic carbocycles. The first-order valence-electron chi connectivity index (χ1n) is 7.32. The number of rotatable bonds is 6. The second-order valence-electron chi connectivity index (χ2n) is 5.50. The van der Waals surface area contributed by atoms with Crippen molar-refractivity contribution in [1.82, 2.24) is 0 Å². The van der Waals surface area contributed by atoms with Crippen LogP contribution in [0.1, 0.15) is 30.1 Å². The van der Waals surface area contributed by atoms with Crippen molar-refractivity contribution >= 4 is 23.5 Å². The quantitative estimate of drug-likeness (QED) is 0.436. The topological polar surface area (TPSA) is 64.7 Å². The van der Waals surface area contributed by atoms with Crippen molar-refractivity contribution < 1.29 is 9.76 Å². The molecule has 2 aromatic rings. The van der Waals surface area contributed by atoms with Crippen LogP contribution < -0.4 is 0 Å². The summed E-state index contributed by atoms with van der Waals surface area (Å²) in [6.07, 6.45) is 3.63. The summed E-state index contributed by atoms with van der Waals surface area (Å²) in [5.41, 5.74) is 1.88. The van der Waals surface area contributed by atoms with Crippen LogP contribution in [-0.4, -0.2) is 11.1 Å². The van der Waals surface area contributed by atoms with E-state index in [0.29, 0.717) is 10.9 Å². The minimum atomic E-state index is -0.407. The SMILES string of the molecule is O=[N+]([O-])c1ccc(C(ON=Cc2ccc(Cl)cc2)C2CC2)cc1. The molecule has 0 heterocycles. The predicted octanol–water partition coefficient (Wildman–Crippen LogP) is 4.75. The highest BCUT2D eigenvalue weighted by molar-refractivity contribution is 6.30. The Kier molecular flexibility index (Phi) is 4.57. The van der Waals surface area contributed by atoms with E-state index >= 15 is 0 Å². The van der Waals surface area contributed by atoms with E-state index in [1.54, 1.807) is 30.5 Å². The molecule has 1 unspecified atom stereocenters. The summed E-state index contributed by atoms with van der Waals surface area (Å²) in [5, 5.41) is 15.5. The van der Waals surface area contributed by atoms with Gasteiger partial charge >= 0.3 is 0 Å². The molecular weight excluding hydrogens is 316 g/mol. The summed E-state index contributed by atoms with van der Waals surface area (Å²) < 4.78 is 0. The zero-order chi connectivity index (χ0) is 16.2. The number of nitro groups is 1. The van der Waals surface area contributed by atoms with Gasteiger partial charge in [-0.2, -0.15) is 0 Å². The Morgan fingerprint density at radius 3 is 2.39 bits per heavy atom. The molecular formula is C17H15ClN2O3. The van der Waals surface area contributed by atoms with Crippen LogP contribution >= 0.6 is 11.6 Å². The van der Waals surface area contributed by atoms with E-state index in [2.05, 4.69) is 5.16 Å². The summed E-state index contributed by atoms with van der Waals surface area (Å²) >= 11 is 5.84. The minimum Gasteiger partial charge on any atom is -0.387 e. The average Bonchev–Trinajstić information content (AvgIpc) is 3.38. The van der Waals surface area contributed by atoms with Gasteiger partial charge in [0.1, 0.15) is 0 Å². The maximum absolute atomic E-state index is 10.7. The summed E-state index contributed by atoms with van der Waals surface area (Å²) in [5.74, 6) is 0.416. The Hall–Kier alpha value is -2.40. The Labute approximate surface area is 138 Å². The fourth-order valence-electron chi connectivity index (χ4n) is 2.31. The lowest BCUT2D eigenvalue weighted by Crippen LogP contribution is -2.03. The van der Waals surface area contributed by atoms with Crippen LogP contribution in [0.25, 0.3) is 0 Å². The van der Waals surface area contributed by atoms with Gasteiger partial charge in [-0.3, -0.25) is 10.1 Å². The second kappa shape index (κ2) is 6.79. The standard InChI is InChI=1S/C17H15ClN2O3/c18-15-7-1-12(2-8-15)11-19-23-17(13-3-4-13)14-5-9-16(10-6-14)20(21)22/h1-2,5-11,13,17H,3-4H2. The van der Waals surface area contributed by atoms with Gasteiger partial charge in [0.2, 0.25) is 0 Å². The molecule has 0 radical (unpaired) electrons. The molecule has 0 aliphatic heterocycles. The molecule has 23 heavy (non-hydrogen) atoms. The summed E-state index contributed by atoms with van der Waals surface area (Å²) in [6, 6.07) is 13.8. The van der Waals surface area contributed by atoms with E-state index in [1.807, 2.05) is 12.1 Å². The molecule has 6 heteroatoms. The smallest absolute Gasteiger partial charge is 0.269 e. The van der Waals surface area contributed by atoms with Gasteiger partial charge in [0.25, 0.3) is 5.69 Å². The monoisotopic (exact) mass is 330 g/mol. The minimum absolute atomic E-state index is 0.0768. The third-order valence-electron chi connectivity index (χ3n) is 3.73. The predicted molar refractivity (Wildman–Crippen MR) is 88.7 cm³/mol. The molecule has 0 saturated heterocycles. The number of halogens is 1. The van der Waals surface area contributed by atoms with Gasteiger partial charge in [-0.25, -0.2) is 0 Å². The lowest BCUT2D eigenvalue weighted by molar-refractivity contribution is -0.384. The van der Waals surface area contributed by atoms with Gasteiger partial charge in [0, 0.05) is 23.1 Å². The van der Waals surface area contributed by atoms with Crippen LogP contribution in [0.3, 0.4) is 0 Å². The van der Waals surface area contributed by atoms with Gasteiger partial charge < -0.3 is 4.84 Å². The molecule has 0 N–H and O–H groups in total. The lowest BCUT2D eigenvalue weighted by atomic mass is 10.1. The molecule has 0 bridgehead atoms. The molecule has 1 atom stereocenters. The number of hydrogen-bond acceptors (Lipinski definition) is 4. The number of nitrogens with zero attached hydrogens (tertiary/aromatic N) is 2. The molecule has 0 amide bonds. The van der Waals surface area contributed by atoms with Crippen LogP contribution in [0.5, 0.6) is 0 Å². The van der Waals surface area contributed by atoms with Crippen molar-refractivity contribution in [3.05, 3.63) is 74.8 Å². The molecule has 118 valence electrons. The molecule has 1 aliphatic rings. The summed E-state index contributed by atoms with van der Waals surface area (Å²) in [6.45, 7) is 0. The van der Waals surface area contributed by atoms with Gasteiger partial charge in [-0.1, -0.05) is 28.9 Å². The molecule has 1 fully saturated rings. The van der Waals surface area contributed by atoms with Crippen LogP contribution in [0, 0.1) is 16.0 Å². The molecule has 0 aromatic heterocycles. The number of benzene rings is 2. The number of nitro benzene ring substituents is 1. The van der Waals surface area contributed by atoms with E-state index in [-0.39, 0.29) is 11.8 Å². The van der Waals surface area contributed by atoms with Crippen LogP contribution in [-0.2, 0) is 4.84 Å². The zero-order valence-corrected chi connectivity index (χ0v) is 13.0. The number of oxime groups is 1. The molecule has 1 aliphatic carbocycles. The van der Waals surface area contributed by atoms with E-state index in [9.17, 15) is 10.1 Å². The highest BCUT2D eigenvalue weighted by Gasteiger charge is 2.34. The molecule has 5 nitrogen and oxygen atoms in total. The Morgan fingerprint density at radius 2 is 1.83 bits per heavy atom. The highest BCUT2D eigenvalue weighted by Crippen LogP contribution is 2.43. The van der Waals surface area contributed by atoms with Gasteiger partial charge in [0.15, 0.2) is 6.10 Å². The number of hydrogen-bond donors (Lipinski definition) is 0. The second-order valence-corrected chi connectivity index (χ2v) is 5.93. The molecule has 1 saturated carbocycles. The van der Waals surface area contributed by atoms with Gasteiger partial charge in [-0.05, 0) is 48.2 Å². The fourth-order valence-corrected chi connectivity index (χ4v) is 2.44. The summed E-state index contributed by atoms with van der Waals surface area (Å²) in [4.78, 5) is 16.0. The van der Waals surface area contributed by atoms with Crippen LogP contribution in [0.15, 0.2) is 53.7 Å². The largest absolute Gasteiger partial charge is 0.387 e. The van der Waals surface area contributed by atoms with Crippen molar-refractivity contribution in [2.45, 2.75) is 18.9 Å². The third kappa shape index (κ3) is 4.07. The Morgan fingerprint density at radius 1 is 1.17 bits per heavy atom. The van der Waals surface area contributed by atoms with E-state index in [4.69, 9.17) is 16.4 Å². The van der Waals surface area contributed by atoms with Crippen molar-refractivity contribution in [2.75, 3.05) is 0 Å². The van der Waals surface area contributed by atoms with E-state index in [1.165, 1.54) is 12.1 Å². The van der Waals surface area contributed by atoms with Crippen LogP contribution in [0.4, 0.5) is 5.69 Å². The van der Waals surface area contributed by atoms with Crippen molar-refractivity contribution in [2.24, 2.45) is 11.1 Å². The zero-order valence-electron chi connectivity index (χ0n) is 12.3. The van der Waals surface area contributed by atoms with E-state index in [0.717, 1.165) is 24.0 Å². The normalized spacial score (nSPS) is 15.5. The average molecular weight is 331 g/mol. The highest BCUT2D eigenvalue weighted by atomic mass is 35.5. The van der Waals surface area contributed by atoms with Gasteiger partial charge in [-0.15, -0.1) is 0 Å². The van der Waals surface area contributed by atoms with E-state index < -0.39 is 4.92 Å². The first-order chi connectivity index (χ1) is 11.1. The van der Waals surface area contributed by atoms with Crippen molar-refractivity contribution in [3.8, 4) is 0 Å². The van der Waals surface area contributed by atoms with Gasteiger partial charge in [0.05, 0.1) is 11.1 Å². The van der Waals surface area contributed by atoms with Crippen molar-refractivity contribution in [1.29, 1.82) is 0 Å². The Balaban J connectivity index is 1.69. The summed E-state index contributed by atoms with van der Waals surface area (Å²) in [7, 11) is 0. The number of non-ortho nitro benzene ring substituents is 1. The molecule has 0 spiro atoms. The Bertz CT molecular complexity index is 710. The maximum Gasteiger partial charge on any atom is 0.269 e. The van der Waals surface area contributed by atoms with Crippen LogP contribution in [0.2, 0.25) is 5.02 Å². The maximum atomic E-state index is 10.7. The third-order valence-corrected chi connectivity index (χ3v) is 3.98. The lowest BCUT2D eigenvalue weighted by Gasteiger charge is -2.14. The fraction of sp³-hybridized carbons (Fsp3) is 0.235.